The highest BCUT2D eigenvalue weighted by atomic mass is 19.4. The van der Waals surface area contributed by atoms with Crippen LogP contribution in [0.3, 0.4) is 0 Å². The van der Waals surface area contributed by atoms with Crippen LogP contribution in [0.2, 0.25) is 0 Å². The molecule has 0 spiro atoms. The topological polar surface area (TPSA) is 103 Å². The molecule has 4 rings (SSSR count). The number of halogens is 6. The van der Waals surface area contributed by atoms with Crippen LogP contribution in [0.5, 0.6) is 0 Å². The Kier molecular flexibility index (Phi) is 9.39. The summed E-state index contributed by atoms with van der Waals surface area (Å²) in [4.78, 5) is 5.30. The Hall–Kier alpha value is -2.34. The second-order valence-electron chi connectivity index (χ2n) is 10.0. The summed E-state index contributed by atoms with van der Waals surface area (Å²) in [5.41, 5.74) is 11.1. The van der Waals surface area contributed by atoms with Gasteiger partial charge in [0, 0.05) is 43.8 Å². The zero-order valence-electron chi connectivity index (χ0n) is 20.9. The van der Waals surface area contributed by atoms with Gasteiger partial charge in [-0.2, -0.15) is 26.3 Å². The van der Waals surface area contributed by atoms with Gasteiger partial charge in [-0.25, -0.2) is 0 Å². The molecule has 0 amide bonds. The van der Waals surface area contributed by atoms with Crippen molar-refractivity contribution in [2.24, 2.45) is 35.0 Å². The van der Waals surface area contributed by atoms with E-state index in [1.165, 1.54) is 19.3 Å². The highest BCUT2D eigenvalue weighted by molar-refractivity contribution is 6.40. The number of allylic oxidation sites excluding steroid dienone is 2. The maximum atomic E-state index is 12.8. The Morgan fingerprint density at radius 1 is 0.921 bits per heavy atom. The van der Waals surface area contributed by atoms with E-state index in [0.29, 0.717) is 12.1 Å². The van der Waals surface area contributed by atoms with Gasteiger partial charge in [0.15, 0.2) is 0 Å². The highest BCUT2D eigenvalue weighted by Gasteiger charge is 2.44. The van der Waals surface area contributed by atoms with Crippen molar-refractivity contribution in [2.45, 2.75) is 49.8 Å². The van der Waals surface area contributed by atoms with E-state index >= 15 is 0 Å². The number of ether oxygens (including phenoxy) is 1. The molecule has 2 aliphatic heterocycles. The minimum Gasteiger partial charge on any atom is -0.398 e. The molecule has 4 radical (unpaired) electrons. The van der Waals surface area contributed by atoms with E-state index in [1.54, 1.807) is 0 Å². The number of aromatic nitrogens is 1. The lowest BCUT2D eigenvalue weighted by Gasteiger charge is -2.45. The molecule has 3 fully saturated rings. The monoisotopic (exact) mass is 541 g/mol. The van der Waals surface area contributed by atoms with Gasteiger partial charge in [-0.1, -0.05) is 11.8 Å². The van der Waals surface area contributed by atoms with E-state index in [4.69, 9.17) is 37.6 Å². The van der Waals surface area contributed by atoms with Crippen molar-refractivity contribution >= 4 is 21.4 Å². The lowest BCUT2D eigenvalue weighted by Crippen LogP contribution is -2.55. The minimum absolute atomic E-state index is 0.106. The Balaban J connectivity index is 0.000000214. The molecular weight excluding hydrogens is 510 g/mol. The van der Waals surface area contributed by atoms with Crippen molar-refractivity contribution in [2.75, 3.05) is 26.3 Å². The maximum Gasteiger partial charge on any atom is 0.433 e. The highest BCUT2D eigenvalue weighted by Crippen LogP contribution is 2.42. The van der Waals surface area contributed by atoms with Crippen molar-refractivity contribution < 1.29 is 31.1 Å². The standard InChI is InChI=1S/C13H21B2NO.C11H10F6N4/c14-13(15,12-4-6-17-7-5-12)16-8-10-2-1-3-11(10)9-16;12-10(13,14)6-3-8(11(15,16)17)21-4-5(6)7(18)1-2-9(19)20/h10-12H,1-9H2;1-4H,18-20H2/b;7-1-. The van der Waals surface area contributed by atoms with Crippen LogP contribution < -0.4 is 17.2 Å². The Morgan fingerprint density at radius 3 is 2.00 bits per heavy atom. The number of alkyl halides is 6. The molecule has 0 aromatic carbocycles. The van der Waals surface area contributed by atoms with Crippen LogP contribution in [-0.4, -0.2) is 57.2 Å². The zero-order chi connectivity index (χ0) is 28.3. The number of nitrogens with zero attached hydrogens (tertiary/aromatic N) is 2. The van der Waals surface area contributed by atoms with Crippen molar-refractivity contribution in [1.29, 1.82) is 0 Å². The van der Waals surface area contributed by atoms with Crippen LogP contribution in [0, 0.1) is 17.8 Å². The van der Waals surface area contributed by atoms with Crippen LogP contribution in [0.4, 0.5) is 26.3 Å². The summed E-state index contributed by atoms with van der Waals surface area (Å²) in [6.45, 7) is 3.88. The SMILES string of the molecule is NC(N)=C/C=C(\N)c1cnc(C(F)(F)F)cc1C(F)(F)F.[B]C([B])(C1CCOCC1)N1CC2CCCC2C1. The van der Waals surface area contributed by atoms with Crippen molar-refractivity contribution in [1.82, 2.24) is 9.88 Å². The number of nitrogens with two attached hydrogens (primary N) is 3. The number of likely N-dealkylation sites (tertiary alicyclic amines) is 1. The normalized spacial score (nSPS) is 23.5. The smallest absolute Gasteiger partial charge is 0.398 e. The Bertz CT molecular complexity index is 1010. The van der Waals surface area contributed by atoms with Crippen LogP contribution >= 0.6 is 0 Å². The van der Waals surface area contributed by atoms with Crippen LogP contribution in [0.15, 0.2) is 30.2 Å². The average Bonchev–Trinajstić information content (AvgIpc) is 3.45. The van der Waals surface area contributed by atoms with Gasteiger partial charge in [-0.05, 0) is 61.7 Å². The fourth-order valence-electron chi connectivity index (χ4n) is 5.32. The molecule has 3 heterocycles. The predicted octanol–water partition coefficient (Wildman–Crippen LogP) is 3.31. The molecule has 206 valence electrons. The zero-order valence-corrected chi connectivity index (χ0v) is 20.9. The van der Waals surface area contributed by atoms with Crippen molar-refractivity contribution in [3.63, 3.8) is 0 Å². The molecular formula is C24H31B2F6N5O. The largest absolute Gasteiger partial charge is 0.433 e. The Morgan fingerprint density at radius 2 is 1.50 bits per heavy atom. The molecule has 6 nitrogen and oxygen atoms in total. The van der Waals surface area contributed by atoms with Crippen molar-refractivity contribution in [3.8, 4) is 0 Å². The molecule has 1 aliphatic carbocycles. The van der Waals surface area contributed by atoms with Crippen LogP contribution in [0.1, 0.15) is 48.9 Å². The molecule has 2 saturated heterocycles. The summed E-state index contributed by atoms with van der Waals surface area (Å²) >= 11 is 0. The predicted molar refractivity (Wildman–Crippen MR) is 133 cm³/mol. The summed E-state index contributed by atoms with van der Waals surface area (Å²) in [5, 5.41) is -0.603. The molecule has 14 heteroatoms. The lowest BCUT2D eigenvalue weighted by atomic mass is 9.52. The van der Waals surface area contributed by atoms with Crippen LogP contribution in [0.25, 0.3) is 5.70 Å². The third kappa shape index (κ3) is 7.40. The van der Waals surface area contributed by atoms with E-state index < -0.39 is 40.2 Å². The molecule has 2 atom stereocenters. The van der Waals surface area contributed by atoms with Gasteiger partial charge in [0.05, 0.1) is 27.1 Å². The fraction of sp³-hybridized carbons (Fsp3) is 0.625. The number of hydrogen-bond donors (Lipinski definition) is 3. The van der Waals surface area contributed by atoms with E-state index in [0.717, 1.165) is 63.1 Å². The first-order valence-corrected chi connectivity index (χ1v) is 12.3. The van der Waals surface area contributed by atoms with Crippen molar-refractivity contribution in [3.05, 3.63) is 47.1 Å². The van der Waals surface area contributed by atoms with Gasteiger partial charge < -0.3 is 26.8 Å². The molecule has 3 aliphatic rings. The molecule has 1 aromatic heterocycles. The van der Waals surface area contributed by atoms with Gasteiger partial charge in [-0.15, -0.1) is 0 Å². The summed E-state index contributed by atoms with van der Waals surface area (Å²) < 4.78 is 81.2. The first-order valence-electron chi connectivity index (χ1n) is 12.3. The summed E-state index contributed by atoms with van der Waals surface area (Å²) in [6.07, 6.45) is -1.50. The Labute approximate surface area is 220 Å². The molecule has 2 unspecified atom stereocenters. The van der Waals surface area contributed by atoms with Gasteiger partial charge >= 0.3 is 12.4 Å². The molecule has 0 bridgehead atoms. The van der Waals surface area contributed by atoms with Gasteiger partial charge in [0.1, 0.15) is 5.69 Å². The number of rotatable bonds is 4. The second kappa shape index (κ2) is 11.8. The first kappa shape index (κ1) is 30.2. The number of hydrogen-bond acceptors (Lipinski definition) is 6. The first-order chi connectivity index (χ1) is 17.6. The van der Waals surface area contributed by atoms with E-state index in [1.807, 2.05) is 0 Å². The molecule has 1 aromatic rings. The summed E-state index contributed by atoms with van der Waals surface area (Å²) in [7, 11) is 12.9. The molecule has 1 saturated carbocycles. The number of fused-ring (bicyclic) bond motifs is 1. The van der Waals surface area contributed by atoms with Crippen LogP contribution in [-0.2, 0) is 17.1 Å². The quantitative estimate of drug-likeness (QED) is 0.307. The third-order valence-electron chi connectivity index (χ3n) is 7.42. The van der Waals surface area contributed by atoms with Gasteiger partial charge in [0.25, 0.3) is 0 Å². The minimum atomic E-state index is -5.03. The summed E-state index contributed by atoms with van der Waals surface area (Å²) in [6, 6.07) is -0.106. The van der Waals surface area contributed by atoms with E-state index in [-0.39, 0.29) is 11.9 Å². The molecule has 6 N–H and O–H groups in total. The summed E-state index contributed by atoms with van der Waals surface area (Å²) in [5.74, 6) is 1.89. The fourth-order valence-corrected chi connectivity index (χ4v) is 5.32. The number of pyridine rings is 1. The second-order valence-corrected chi connectivity index (χ2v) is 10.0. The van der Waals surface area contributed by atoms with E-state index in [2.05, 4.69) is 9.88 Å². The maximum absolute atomic E-state index is 12.8. The molecule has 38 heavy (non-hydrogen) atoms. The van der Waals surface area contributed by atoms with Gasteiger partial charge in [0.2, 0.25) is 0 Å². The van der Waals surface area contributed by atoms with E-state index in [9.17, 15) is 26.3 Å². The average molecular weight is 541 g/mol. The third-order valence-corrected chi connectivity index (χ3v) is 7.42. The lowest BCUT2D eigenvalue weighted by molar-refractivity contribution is -0.145. The van der Waals surface area contributed by atoms with Gasteiger partial charge in [-0.3, -0.25) is 4.98 Å².